The standard InChI is InChI=1S/C20H32FN3O2.HI/c1-3-22-20(23-10-5-7-17-6-4-8-19(21)14-17)24-11-9-18(15-24)16-26-13-12-25-2;/h4,6,8,14,18H,3,5,7,9-13,15-16H2,1-2H3,(H,22,23);1H. The monoisotopic (exact) mass is 493 g/mol. The van der Waals surface area contributed by atoms with Gasteiger partial charge in [-0.2, -0.15) is 0 Å². The van der Waals surface area contributed by atoms with Gasteiger partial charge < -0.3 is 19.7 Å². The van der Waals surface area contributed by atoms with Gasteiger partial charge in [-0.15, -0.1) is 24.0 Å². The van der Waals surface area contributed by atoms with Crippen molar-refractivity contribution in [3.05, 3.63) is 35.6 Å². The van der Waals surface area contributed by atoms with Gasteiger partial charge in [-0.1, -0.05) is 12.1 Å². The first-order valence-corrected chi connectivity index (χ1v) is 9.57. The van der Waals surface area contributed by atoms with E-state index in [0.717, 1.165) is 63.6 Å². The maximum Gasteiger partial charge on any atom is 0.193 e. The van der Waals surface area contributed by atoms with Crippen LogP contribution >= 0.6 is 24.0 Å². The van der Waals surface area contributed by atoms with Crippen molar-refractivity contribution >= 4 is 29.9 Å². The van der Waals surface area contributed by atoms with E-state index in [4.69, 9.17) is 14.5 Å². The molecular weight excluding hydrogens is 460 g/mol. The maximum atomic E-state index is 13.2. The average molecular weight is 493 g/mol. The third-order valence-electron chi connectivity index (χ3n) is 4.48. The molecular formula is C20H33FIN3O2. The Morgan fingerprint density at radius 1 is 1.37 bits per heavy atom. The van der Waals surface area contributed by atoms with E-state index in [1.807, 2.05) is 6.07 Å². The molecule has 154 valence electrons. The van der Waals surface area contributed by atoms with Gasteiger partial charge in [0.25, 0.3) is 0 Å². The van der Waals surface area contributed by atoms with Gasteiger partial charge in [0.15, 0.2) is 5.96 Å². The number of nitrogens with one attached hydrogen (secondary N) is 1. The molecule has 7 heteroatoms. The quantitative estimate of drug-likeness (QED) is 0.235. The Labute approximate surface area is 179 Å². The van der Waals surface area contributed by atoms with Crippen LogP contribution in [0.1, 0.15) is 25.3 Å². The Morgan fingerprint density at radius 3 is 2.96 bits per heavy atom. The first-order chi connectivity index (χ1) is 12.7. The van der Waals surface area contributed by atoms with Crippen LogP contribution in [0.5, 0.6) is 0 Å². The number of hydrogen-bond donors (Lipinski definition) is 1. The molecule has 0 saturated carbocycles. The number of hydrogen-bond acceptors (Lipinski definition) is 3. The Balaban J connectivity index is 0.00000364. The lowest BCUT2D eigenvalue weighted by Crippen LogP contribution is -2.40. The van der Waals surface area contributed by atoms with E-state index in [1.54, 1.807) is 19.2 Å². The zero-order valence-corrected chi connectivity index (χ0v) is 18.8. The van der Waals surface area contributed by atoms with Crippen LogP contribution in [0.15, 0.2) is 29.3 Å². The summed E-state index contributed by atoms with van der Waals surface area (Å²) >= 11 is 0. The summed E-state index contributed by atoms with van der Waals surface area (Å²) in [5, 5.41) is 3.38. The van der Waals surface area contributed by atoms with E-state index in [-0.39, 0.29) is 29.8 Å². The smallest absolute Gasteiger partial charge is 0.193 e. The highest BCUT2D eigenvalue weighted by atomic mass is 127. The number of halogens is 2. The van der Waals surface area contributed by atoms with E-state index in [1.165, 1.54) is 6.07 Å². The minimum atomic E-state index is -0.171. The van der Waals surface area contributed by atoms with Crippen molar-refractivity contribution in [3.8, 4) is 0 Å². The highest BCUT2D eigenvalue weighted by Crippen LogP contribution is 2.16. The number of rotatable bonds is 10. The largest absolute Gasteiger partial charge is 0.382 e. The lowest BCUT2D eigenvalue weighted by atomic mass is 10.1. The predicted molar refractivity (Wildman–Crippen MR) is 118 cm³/mol. The molecule has 1 aromatic rings. The molecule has 0 bridgehead atoms. The molecule has 0 radical (unpaired) electrons. The van der Waals surface area contributed by atoms with E-state index in [9.17, 15) is 4.39 Å². The van der Waals surface area contributed by atoms with Gasteiger partial charge in [0.1, 0.15) is 5.82 Å². The highest BCUT2D eigenvalue weighted by Gasteiger charge is 2.24. The molecule has 1 atom stereocenters. The van der Waals surface area contributed by atoms with Crippen molar-refractivity contribution < 1.29 is 13.9 Å². The third kappa shape index (κ3) is 9.21. The summed E-state index contributed by atoms with van der Waals surface area (Å²) in [6.07, 6.45) is 2.88. The number of aryl methyl sites for hydroxylation is 1. The molecule has 1 fully saturated rings. The minimum Gasteiger partial charge on any atom is -0.382 e. The Morgan fingerprint density at radius 2 is 2.22 bits per heavy atom. The van der Waals surface area contributed by atoms with Gasteiger partial charge in [0, 0.05) is 39.2 Å². The highest BCUT2D eigenvalue weighted by molar-refractivity contribution is 14.0. The van der Waals surface area contributed by atoms with Gasteiger partial charge >= 0.3 is 0 Å². The van der Waals surface area contributed by atoms with Crippen molar-refractivity contribution in [1.82, 2.24) is 10.2 Å². The maximum absolute atomic E-state index is 13.2. The number of guanidine groups is 1. The molecule has 0 spiro atoms. The Bertz CT molecular complexity index is 560. The van der Waals surface area contributed by atoms with Gasteiger partial charge in [0.2, 0.25) is 0 Å². The van der Waals surface area contributed by atoms with Crippen LogP contribution in [0.3, 0.4) is 0 Å². The first kappa shape index (κ1) is 24.1. The zero-order valence-electron chi connectivity index (χ0n) is 16.5. The molecule has 1 aliphatic heterocycles. The van der Waals surface area contributed by atoms with Crippen LogP contribution < -0.4 is 5.32 Å². The summed E-state index contributed by atoms with van der Waals surface area (Å²) in [7, 11) is 1.69. The van der Waals surface area contributed by atoms with Crippen LogP contribution in [-0.4, -0.2) is 64.0 Å². The fraction of sp³-hybridized carbons (Fsp3) is 0.650. The first-order valence-electron chi connectivity index (χ1n) is 9.57. The second-order valence-electron chi connectivity index (χ2n) is 6.64. The molecule has 1 saturated heterocycles. The van der Waals surface area contributed by atoms with E-state index in [2.05, 4.69) is 17.1 Å². The molecule has 27 heavy (non-hydrogen) atoms. The lowest BCUT2D eigenvalue weighted by molar-refractivity contribution is 0.0536. The van der Waals surface area contributed by atoms with Crippen molar-refractivity contribution in [2.24, 2.45) is 10.9 Å². The predicted octanol–water partition coefficient (Wildman–Crippen LogP) is 3.33. The van der Waals surface area contributed by atoms with Crippen molar-refractivity contribution in [2.45, 2.75) is 26.2 Å². The summed E-state index contributed by atoms with van der Waals surface area (Å²) in [4.78, 5) is 7.07. The molecule has 2 rings (SSSR count). The van der Waals surface area contributed by atoms with Crippen LogP contribution in [0.4, 0.5) is 4.39 Å². The summed E-state index contributed by atoms with van der Waals surface area (Å²) in [5.41, 5.74) is 1.03. The number of likely N-dealkylation sites (tertiary alicyclic amines) is 1. The minimum absolute atomic E-state index is 0. The fourth-order valence-electron chi connectivity index (χ4n) is 3.14. The van der Waals surface area contributed by atoms with Gasteiger partial charge in [-0.25, -0.2) is 4.39 Å². The van der Waals surface area contributed by atoms with E-state index in [0.29, 0.717) is 19.1 Å². The Hall–Kier alpha value is -0.930. The number of benzene rings is 1. The Kier molecular flexibility index (Phi) is 12.6. The molecule has 1 aliphatic rings. The van der Waals surface area contributed by atoms with Crippen LogP contribution in [0.2, 0.25) is 0 Å². The molecule has 0 aliphatic carbocycles. The topological polar surface area (TPSA) is 46.1 Å². The zero-order chi connectivity index (χ0) is 18.6. The summed E-state index contributed by atoms with van der Waals surface area (Å²) in [6.45, 7) is 7.74. The normalized spacial score (nSPS) is 17.1. The summed E-state index contributed by atoms with van der Waals surface area (Å²) in [5.74, 6) is 1.35. The molecule has 1 aromatic carbocycles. The summed E-state index contributed by atoms with van der Waals surface area (Å²) in [6, 6.07) is 6.81. The fourth-order valence-corrected chi connectivity index (χ4v) is 3.14. The molecule has 5 nitrogen and oxygen atoms in total. The molecule has 1 unspecified atom stereocenters. The van der Waals surface area contributed by atoms with E-state index < -0.39 is 0 Å². The van der Waals surface area contributed by atoms with Crippen LogP contribution in [0.25, 0.3) is 0 Å². The van der Waals surface area contributed by atoms with Gasteiger partial charge in [0.05, 0.1) is 19.8 Å². The molecule has 1 heterocycles. The lowest BCUT2D eigenvalue weighted by Gasteiger charge is -2.21. The molecule has 1 N–H and O–H groups in total. The third-order valence-corrected chi connectivity index (χ3v) is 4.48. The number of aliphatic imine (C=N–C) groups is 1. The number of methoxy groups -OCH3 is 1. The van der Waals surface area contributed by atoms with Crippen LogP contribution in [-0.2, 0) is 15.9 Å². The van der Waals surface area contributed by atoms with Crippen LogP contribution in [0, 0.1) is 11.7 Å². The van der Waals surface area contributed by atoms with Crippen molar-refractivity contribution in [3.63, 3.8) is 0 Å². The molecule has 0 amide bonds. The van der Waals surface area contributed by atoms with Gasteiger partial charge in [-0.05, 0) is 43.9 Å². The SMILES string of the molecule is CCNC(=NCCCc1cccc(F)c1)N1CCC(COCCOC)C1.I. The van der Waals surface area contributed by atoms with Gasteiger partial charge in [-0.3, -0.25) is 4.99 Å². The average Bonchev–Trinajstić information content (AvgIpc) is 3.10. The number of nitrogens with zero attached hydrogens (tertiary/aromatic N) is 2. The second kappa shape index (κ2) is 14.1. The van der Waals surface area contributed by atoms with E-state index >= 15 is 0 Å². The summed E-state index contributed by atoms with van der Waals surface area (Å²) < 4.78 is 23.9. The number of ether oxygens (including phenoxy) is 2. The second-order valence-corrected chi connectivity index (χ2v) is 6.64. The molecule has 0 aromatic heterocycles. The van der Waals surface area contributed by atoms with Crippen molar-refractivity contribution in [1.29, 1.82) is 0 Å². The van der Waals surface area contributed by atoms with Crippen molar-refractivity contribution in [2.75, 3.05) is 53.1 Å².